The Morgan fingerprint density at radius 2 is 2.30 bits per heavy atom. The average Bonchev–Trinajstić information content (AvgIpc) is 3.11. The van der Waals surface area contributed by atoms with Crippen LogP contribution in [-0.2, 0) is 0 Å². The van der Waals surface area contributed by atoms with E-state index in [0.717, 1.165) is 16.1 Å². The van der Waals surface area contributed by atoms with Gasteiger partial charge in [0.1, 0.15) is 16.6 Å². The molecule has 0 spiro atoms. The van der Waals surface area contributed by atoms with Crippen molar-refractivity contribution in [3.8, 4) is 16.6 Å². The van der Waals surface area contributed by atoms with Crippen molar-refractivity contribution in [2.24, 2.45) is 0 Å². The van der Waals surface area contributed by atoms with Crippen LogP contribution in [0.2, 0.25) is 0 Å². The van der Waals surface area contributed by atoms with Gasteiger partial charge in [0.15, 0.2) is 0 Å². The molecule has 100 valence electrons. The predicted octanol–water partition coefficient (Wildman–Crippen LogP) is 4.34. The number of nitriles is 1. The number of aromatic nitrogens is 2. The van der Waals surface area contributed by atoms with Crippen LogP contribution in [0.5, 0.6) is 0 Å². The number of hydrogen-bond acceptors (Lipinski definition) is 3. The minimum absolute atomic E-state index is 0.0790. The van der Waals surface area contributed by atoms with Gasteiger partial charge in [-0.25, -0.2) is 0 Å². The second-order valence-corrected chi connectivity index (χ2v) is 5.39. The van der Waals surface area contributed by atoms with Gasteiger partial charge in [0, 0.05) is 6.20 Å². The summed E-state index contributed by atoms with van der Waals surface area (Å²) in [5.74, 6) is 0. The van der Waals surface area contributed by atoms with Gasteiger partial charge in [-0.15, -0.1) is 11.3 Å². The van der Waals surface area contributed by atoms with E-state index >= 15 is 0 Å². The molecule has 0 saturated carbocycles. The van der Waals surface area contributed by atoms with Crippen molar-refractivity contribution in [1.29, 1.82) is 5.26 Å². The van der Waals surface area contributed by atoms with Gasteiger partial charge in [0.05, 0.1) is 10.9 Å². The zero-order valence-electron chi connectivity index (χ0n) is 11.3. The summed E-state index contributed by atoms with van der Waals surface area (Å²) >= 11 is 1.45. The van der Waals surface area contributed by atoms with Gasteiger partial charge in [-0.3, -0.25) is 4.68 Å². The molecule has 0 aliphatic carbocycles. The molecule has 0 fully saturated rings. The normalized spacial score (nSPS) is 12.2. The fraction of sp³-hybridized carbons (Fsp3) is 0.125. The highest BCUT2D eigenvalue weighted by Gasteiger charge is 2.11. The average molecular weight is 281 g/mol. The van der Waals surface area contributed by atoms with Crippen LogP contribution in [-0.4, -0.2) is 9.78 Å². The third kappa shape index (κ3) is 2.95. The third-order valence-corrected chi connectivity index (χ3v) is 3.97. The summed E-state index contributed by atoms with van der Waals surface area (Å²) in [6, 6.07) is 7.91. The Bertz CT molecular complexity index is 697. The highest BCUT2D eigenvalue weighted by atomic mass is 32.1. The maximum Gasteiger partial charge on any atom is 0.110 e. The van der Waals surface area contributed by atoms with Gasteiger partial charge in [0.2, 0.25) is 0 Å². The van der Waals surface area contributed by atoms with Crippen LogP contribution in [0.4, 0.5) is 0 Å². The molecule has 0 aliphatic heterocycles. The van der Waals surface area contributed by atoms with Gasteiger partial charge in [0.25, 0.3) is 0 Å². The molecule has 4 heteroatoms. The lowest BCUT2D eigenvalue weighted by Gasteiger charge is -2.12. The second-order valence-electron chi connectivity index (χ2n) is 4.30. The number of hydrogen-bond donors (Lipinski definition) is 0. The van der Waals surface area contributed by atoms with Gasteiger partial charge in [-0.05, 0) is 30.7 Å². The molecule has 0 aliphatic rings. The Morgan fingerprint density at radius 1 is 1.50 bits per heavy atom. The Balaban J connectivity index is 2.20. The number of thiophene rings is 1. The molecule has 20 heavy (non-hydrogen) atoms. The van der Waals surface area contributed by atoms with Crippen molar-refractivity contribution in [2.75, 3.05) is 0 Å². The first-order chi connectivity index (χ1) is 9.65. The Morgan fingerprint density at radius 3 is 2.95 bits per heavy atom. The van der Waals surface area contributed by atoms with E-state index < -0.39 is 0 Å². The van der Waals surface area contributed by atoms with E-state index in [-0.39, 0.29) is 6.04 Å². The molecule has 1 unspecified atom stereocenters. The third-order valence-electron chi connectivity index (χ3n) is 2.96. The SMILES string of the molecule is C=C/C=C\C(=C)C(C)n1ccc(-c2ccc(C#N)s2)n1. The summed E-state index contributed by atoms with van der Waals surface area (Å²) in [5, 5.41) is 13.4. The van der Waals surface area contributed by atoms with Crippen LogP contribution in [0, 0.1) is 11.3 Å². The highest BCUT2D eigenvalue weighted by Crippen LogP contribution is 2.27. The van der Waals surface area contributed by atoms with Crippen molar-refractivity contribution < 1.29 is 0 Å². The largest absolute Gasteiger partial charge is 0.265 e. The van der Waals surface area contributed by atoms with E-state index in [1.54, 1.807) is 6.08 Å². The van der Waals surface area contributed by atoms with Gasteiger partial charge in [-0.1, -0.05) is 31.4 Å². The lowest BCUT2D eigenvalue weighted by atomic mass is 10.1. The van der Waals surface area contributed by atoms with Crippen molar-refractivity contribution in [3.05, 3.63) is 66.2 Å². The van der Waals surface area contributed by atoms with Gasteiger partial charge in [-0.2, -0.15) is 10.4 Å². The van der Waals surface area contributed by atoms with E-state index in [9.17, 15) is 0 Å². The van der Waals surface area contributed by atoms with Crippen molar-refractivity contribution in [3.63, 3.8) is 0 Å². The number of rotatable bonds is 5. The van der Waals surface area contributed by atoms with Gasteiger partial charge >= 0.3 is 0 Å². The molecule has 0 saturated heterocycles. The summed E-state index contributed by atoms with van der Waals surface area (Å²) in [6.07, 6.45) is 7.44. The zero-order chi connectivity index (χ0) is 14.5. The van der Waals surface area contributed by atoms with E-state index in [4.69, 9.17) is 5.26 Å². The molecule has 2 heterocycles. The van der Waals surface area contributed by atoms with Crippen LogP contribution >= 0.6 is 11.3 Å². The molecule has 0 N–H and O–H groups in total. The molecule has 0 radical (unpaired) electrons. The molecule has 0 amide bonds. The standard InChI is InChI=1S/C16H15N3S/c1-4-5-6-12(2)13(3)19-10-9-15(18-19)16-8-7-14(11-17)20-16/h4-10,13H,1-2H2,3H3/b6-5-. The maximum atomic E-state index is 8.85. The first kappa shape index (κ1) is 14.0. The monoisotopic (exact) mass is 281 g/mol. The number of allylic oxidation sites excluding steroid dienone is 4. The highest BCUT2D eigenvalue weighted by molar-refractivity contribution is 7.15. The van der Waals surface area contributed by atoms with Crippen molar-refractivity contribution in [1.82, 2.24) is 9.78 Å². The van der Waals surface area contributed by atoms with E-state index in [0.29, 0.717) is 4.88 Å². The summed E-state index contributed by atoms with van der Waals surface area (Å²) in [7, 11) is 0. The quantitative estimate of drug-likeness (QED) is 0.765. The first-order valence-electron chi connectivity index (χ1n) is 6.19. The molecular weight excluding hydrogens is 266 g/mol. The summed E-state index contributed by atoms with van der Waals surface area (Å²) in [6.45, 7) is 9.72. The van der Waals surface area contributed by atoms with Crippen LogP contribution in [0.25, 0.3) is 10.6 Å². The Hall–Kier alpha value is -2.38. The first-order valence-corrected chi connectivity index (χ1v) is 7.00. The fourth-order valence-corrected chi connectivity index (χ4v) is 2.49. The number of nitrogens with zero attached hydrogens (tertiary/aromatic N) is 3. The molecule has 3 nitrogen and oxygen atoms in total. The molecule has 2 aromatic heterocycles. The molecule has 1 atom stereocenters. The molecular formula is C16H15N3S. The fourth-order valence-electron chi connectivity index (χ4n) is 1.72. The van der Waals surface area contributed by atoms with Gasteiger partial charge < -0.3 is 0 Å². The topological polar surface area (TPSA) is 41.6 Å². The predicted molar refractivity (Wildman–Crippen MR) is 83.4 cm³/mol. The second kappa shape index (κ2) is 6.18. The molecule has 0 bridgehead atoms. The molecule has 0 aromatic carbocycles. The van der Waals surface area contributed by atoms with Crippen molar-refractivity contribution >= 4 is 11.3 Å². The molecule has 2 rings (SSSR count). The minimum Gasteiger partial charge on any atom is -0.265 e. The van der Waals surface area contributed by atoms with Crippen LogP contribution < -0.4 is 0 Å². The maximum absolute atomic E-state index is 8.85. The zero-order valence-corrected chi connectivity index (χ0v) is 12.1. The Kier molecular flexibility index (Phi) is 4.34. The molecule has 2 aromatic rings. The lowest BCUT2D eigenvalue weighted by molar-refractivity contribution is 0.566. The van der Waals surface area contributed by atoms with Crippen LogP contribution in [0.1, 0.15) is 17.8 Å². The summed E-state index contributed by atoms with van der Waals surface area (Å²) in [5.41, 5.74) is 1.84. The lowest BCUT2D eigenvalue weighted by Crippen LogP contribution is -2.06. The summed E-state index contributed by atoms with van der Waals surface area (Å²) < 4.78 is 1.87. The van der Waals surface area contributed by atoms with E-state index in [2.05, 4.69) is 24.3 Å². The van der Waals surface area contributed by atoms with Crippen LogP contribution in [0.15, 0.2) is 61.4 Å². The summed E-state index contributed by atoms with van der Waals surface area (Å²) in [4.78, 5) is 1.70. The Labute approximate surface area is 122 Å². The van der Waals surface area contributed by atoms with Crippen LogP contribution in [0.3, 0.4) is 0 Å². The van der Waals surface area contributed by atoms with E-state index in [1.807, 2.05) is 48.2 Å². The minimum atomic E-state index is 0.0790. The smallest absolute Gasteiger partial charge is 0.110 e. The van der Waals surface area contributed by atoms with E-state index in [1.165, 1.54) is 11.3 Å². The van der Waals surface area contributed by atoms with Crippen molar-refractivity contribution in [2.45, 2.75) is 13.0 Å².